The summed E-state index contributed by atoms with van der Waals surface area (Å²) in [5.41, 5.74) is 0. The summed E-state index contributed by atoms with van der Waals surface area (Å²) < 4.78 is 26.0. The molecule has 2 bridgehead atoms. The molecule has 0 aromatic rings. The molecule has 2 aliphatic carbocycles. The van der Waals surface area contributed by atoms with E-state index in [9.17, 15) is 8.78 Å². The van der Waals surface area contributed by atoms with Gasteiger partial charge in [-0.25, -0.2) is 0 Å². The van der Waals surface area contributed by atoms with E-state index in [1.54, 1.807) is 0 Å². The Labute approximate surface area is 87.3 Å². The van der Waals surface area contributed by atoms with Crippen LogP contribution < -0.4 is 0 Å². The van der Waals surface area contributed by atoms with E-state index >= 15 is 0 Å². The molecule has 0 nitrogen and oxygen atoms in total. The monoisotopic (exact) mass is 302 g/mol. The van der Waals surface area contributed by atoms with Crippen LogP contribution in [0.3, 0.4) is 0 Å². The van der Waals surface area contributed by atoms with E-state index in [4.69, 9.17) is 0 Å². The second-order valence-corrected chi connectivity index (χ2v) is 5.96. The summed E-state index contributed by atoms with van der Waals surface area (Å²) in [6.45, 7) is 0. The first kappa shape index (κ1) is 9.38. The molecule has 0 aromatic carbocycles. The van der Waals surface area contributed by atoms with Crippen LogP contribution in [-0.2, 0) is 0 Å². The van der Waals surface area contributed by atoms with E-state index in [1.165, 1.54) is 0 Å². The van der Waals surface area contributed by atoms with Gasteiger partial charge in [-0.15, -0.1) is 0 Å². The highest BCUT2D eigenvalue weighted by molar-refractivity contribution is 9.10. The number of fused-ring (bicyclic) bond motifs is 2. The minimum absolute atomic E-state index is 0.0191. The molecule has 12 heavy (non-hydrogen) atoms. The van der Waals surface area contributed by atoms with Gasteiger partial charge < -0.3 is 0 Å². The highest BCUT2D eigenvalue weighted by atomic mass is 79.9. The van der Waals surface area contributed by atoms with Crippen LogP contribution in [0.4, 0.5) is 8.78 Å². The van der Waals surface area contributed by atoms with E-state index in [1.807, 2.05) is 0 Å². The molecule has 2 fully saturated rings. The zero-order valence-electron chi connectivity index (χ0n) is 6.44. The van der Waals surface area contributed by atoms with E-state index in [0.717, 1.165) is 19.3 Å². The zero-order chi connectivity index (χ0) is 8.93. The maximum atomic E-state index is 13.0. The Kier molecular flexibility index (Phi) is 2.27. The van der Waals surface area contributed by atoms with Gasteiger partial charge in [-0.05, 0) is 47.0 Å². The number of hydrogen-bond donors (Lipinski definition) is 0. The summed E-state index contributed by atoms with van der Waals surface area (Å²) in [6.07, 6.45) is 3.10. The molecule has 2 saturated carbocycles. The topological polar surface area (TPSA) is 0 Å². The van der Waals surface area contributed by atoms with E-state index in [2.05, 4.69) is 31.9 Å². The van der Waals surface area contributed by atoms with Crippen LogP contribution in [-0.4, -0.2) is 9.66 Å². The third-order valence-electron chi connectivity index (χ3n) is 3.19. The lowest BCUT2D eigenvalue weighted by molar-refractivity contribution is 0.0220. The molecule has 4 atom stereocenters. The van der Waals surface area contributed by atoms with Crippen LogP contribution in [0, 0.1) is 17.8 Å². The zero-order valence-corrected chi connectivity index (χ0v) is 9.61. The molecule has 0 unspecified atom stereocenters. The number of halogens is 4. The summed E-state index contributed by atoms with van der Waals surface area (Å²) in [5, 5.41) is 0. The van der Waals surface area contributed by atoms with Crippen LogP contribution in [0.15, 0.2) is 0 Å². The van der Waals surface area contributed by atoms with Crippen molar-refractivity contribution in [2.75, 3.05) is 0 Å². The largest absolute Gasteiger partial charge is 0.305 e. The number of alkyl halides is 4. The Bertz CT molecular complexity index is 188. The van der Waals surface area contributed by atoms with E-state index in [-0.39, 0.29) is 10.7 Å². The van der Waals surface area contributed by atoms with Gasteiger partial charge >= 0.3 is 4.83 Å². The summed E-state index contributed by atoms with van der Waals surface area (Å²) in [4.78, 5) is -2.66. The molecule has 0 N–H and O–H groups in total. The molecule has 0 radical (unpaired) electrons. The fourth-order valence-electron chi connectivity index (χ4n) is 2.67. The molecule has 0 aromatic heterocycles. The van der Waals surface area contributed by atoms with Crippen molar-refractivity contribution < 1.29 is 8.78 Å². The summed E-state index contributed by atoms with van der Waals surface area (Å²) in [5.74, 6) is 0.230. The molecule has 0 aliphatic heterocycles. The van der Waals surface area contributed by atoms with Gasteiger partial charge in [0.2, 0.25) is 0 Å². The van der Waals surface area contributed by atoms with Crippen molar-refractivity contribution in [1.29, 1.82) is 0 Å². The predicted octanol–water partition coefficient (Wildman–Crippen LogP) is 3.78. The molecule has 70 valence electrons. The Morgan fingerprint density at radius 1 is 1.17 bits per heavy atom. The predicted molar refractivity (Wildman–Crippen MR) is 50.9 cm³/mol. The molecule has 2 rings (SSSR count). The third-order valence-corrected chi connectivity index (χ3v) is 5.04. The van der Waals surface area contributed by atoms with Gasteiger partial charge in [-0.3, -0.25) is 0 Å². The molecular weight excluding hydrogens is 294 g/mol. The Morgan fingerprint density at radius 3 is 2.08 bits per heavy atom. The van der Waals surface area contributed by atoms with Gasteiger partial charge in [0.1, 0.15) is 0 Å². The second kappa shape index (κ2) is 2.91. The minimum Gasteiger partial charge on any atom is -0.193 e. The summed E-state index contributed by atoms with van der Waals surface area (Å²) in [6, 6.07) is 0. The summed E-state index contributed by atoms with van der Waals surface area (Å²) in [7, 11) is 0. The van der Waals surface area contributed by atoms with Gasteiger partial charge in [-0.1, -0.05) is 15.9 Å². The first-order valence-corrected chi connectivity index (χ1v) is 5.92. The molecule has 0 heterocycles. The maximum absolute atomic E-state index is 13.0. The minimum atomic E-state index is -2.68. The SMILES string of the molecule is FC(F)(Br)[C@@H]1[C@H]2CC[C@H](C2)[C@H]1Br. The van der Waals surface area contributed by atoms with Crippen molar-refractivity contribution in [1.82, 2.24) is 0 Å². The maximum Gasteiger partial charge on any atom is 0.305 e. The van der Waals surface area contributed by atoms with Gasteiger partial charge in [0.15, 0.2) is 0 Å². The molecule has 0 amide bonds. The van der Waals surface area contributed by atoms with E-state index < -0.39 is 10.7 Å². The highest BCUT2D eigenvalue weighted by Gasteiger charge is 2.56. The highest BCUT2D eigenvalue weighted by Crippen LogP contribution is 2.57. The van der Waals surface area contributed by atoms with Gasteiger partial charge in [0.25, 0.3) is 0 Å². The van der Waals surface area contributed by atoms with Crippen LogP contribution >= 0.6 is 31.9 Å². The van der Waals surface area contributed by atoms with Crippen LogP contribution in [0.25, 0.3) is 0 Å². The van der Waals surface area contributed by atoms with Gasteiger partial charge in [-0.2, -0.15) is 8.78 Å². The Hall–Kier alpha value is 0.820. The average Bonchev–Trinajstić information content (AvgIpc) is 2.42. The first-order valence-electron chi connectivity index (χ1n) is 4.21. The van der Waals surface area contributed by atoms with Crippen molar-refractivity contribution >= 4 is 31.9 Å². The van der Waals surface area contributed by atoms with Crippen LogP contribution in [0.2, 0.25) is 0 Å². The third kappa shape index (κ3) is 1.35. The van der Waals surface area contributed by atoms with Crippen molar-refractivity contribution in [2.45, 2.75) is 28.9 Å². The van der Waals surface area contributed by atoms with Crippen LogP contribution in [0.5, 0.6) is 0 Å². The lowest BCUT2D eigenvalue weighted by Crippen LogP contribution is -2.34. The molecular formula is C8H10Br2F2. The lowest BCUT2D eigenvalue weighted by Gasteiger charge is -2.30. The average molecular weight is 304 g/mol. The fraction of sp³-hybridized carbons (Fsp3) is 1.00. The molecule has 0 saturated heterocycles. The second-order valence-electron chi connectivity index (χ2n) is 3.85. The molecule has 4 heteroatoms. The van der Waals surface area contributed by atoms with Gasteiger partial charge in [0, 0.05) is 10.7 Å². The molecule has 2 aliphatic rings. The van der Waals surface area contributed by atoms with Crippen molar-refractivity contribution in [2.24, 2.45) is 17.8 Å². The van der Waals surface area contributed by atoms with Crippen molar-refractivity contribution in [3.05, 3.63) is 0 Å². The smallest absolute Gasteiger partial charge is 0.193 e. The van der Waals surface area contributed by atoms with Crippen LogP contribution in [0.1, 0.15) is 19.3 Å². The number of rotatable bonds is 1. The Morgan fingerprint density at radius 2 is 1.75 bits per heavy atom. The first-order chi connectivity index (χ1) is 5.50. The standard InChI is InChI=1S/C8H10Br2F2/c9-7-5-2-1-4(3-5)6(7)8(10,11)12/h4-7H,1-3H2/t4-,5+,6+,7+/m0/s1. The van der Waals surface area contributed by atoms with Crippen molar-refractivity contribution in [3.63, 3.8) is 0 Å². The summed E-state index contributed by atoms with van der Waals surface area (Å²) >= 11 is 5.87. The normalized spacial score (nSPS) is 47.0. The lowest BCUT2D eigenvalue weighted by atomic mass is 9.89. The number of hydrogen-bond acceptors (Lipinski definition) is 0. The quantitative estimate of drug-likeness (QED) is 0.647. The molecule has 0 spiro atoms. The Balaban J connectivity index is 2.17. The fourth-order valence-corrected chi connectivity index (χ4v) is 4.93. The van der Waals surface area contributed by atoms with Gasteiger partial charge in [0.05, 0.1) is 0 Å². The van der Waals surface area contributed by atoms with E-state index in [0.29, 0.717) is 5.92 Å². The van der Waals surface area contributed by atoms with Crippen molar-refractivity contribution in [3.8, 4) is 0 Å².